The molecule has 2 N–H and O–H groups in total. The first-order valence-electron chi connectivity index (χ1n) is 1.65. The average Bonchev–Trinajstić information content (AvgIpc) is 1.67. The molecular formula is C3H6O5S. The van der Waals surface area contributed by atoms with Crippen molar-refractivity contribution in [2.24, 2.45) is 0 Å². The summed E-state index contributed by atoms with van der Waals surface area (Å²) in [6.07, 6.45) is 0. The molecule has 0 aliphatic heterocycles. The van der Waals surface area contributed by atoms with Crippen LogP contribution in [0.5, 0.6) is 0 Å². The minimum Gasteiger partial charge on any atom is -0.483 e. The molecule has 0 aliphatic carbocycles. The summed E-state index contributed by atoms with van der Waals surface area (Å²) in [6, 6.07) is 0. The third-order valence-electron chi connectivity index (χ3n) is 0.211. The van der Waals surface area contributed by atoms with Crippen LogP contribution in [-0.2, 0) is 14.9 Å². The molecule has 9 heavy (non-hydrogen) atoms. The van der Waals surface area contributed by atoms with Crippen LogP contribution >= 0.6 is 0 Å². The minimum atomic E-state index is -3.90. The van der Waals surface area contributed by atoms with Gasteiger partial charge in [-0.25, -0.2) is 0 Å². The van der Waals surface area contributed by atoms with Crippen LogP contribution in [0.1, 0.15) is 0 Å². The van der Waals surface area contributed by atoms with Crippen LogP contribution in [0, 0.1) is 0 Å². The molecule has 0 rings (SSSR count). The summed E-state index contributed by atoms with van der Waals surface area (Å²) in [7, 11) is -3.90. The van der Waals surface area contributed by atoms with Gasteiger partial charge in [0.05, 0.1) is 5.41 Å². The molecule has 0 aromatic rings. The molecule has 0 atom stereocenters. The van der Waals surface area contributed by atoms with Crippen molar-refractivity contribution in [2.75, 3.05) is 0 Å². The average molecular weight is 154 g/mol. The molecule has 0 fully saturated rings. The number of rotatable bonds is 1. The van der Waals surface area contributed by atoms with E-state index >= 15 is 0 Å². The Balaban J connectivity index is 0. The molecule has 6 heteroatoms. The summed E-state index contributed by atoms with van der Waals surface area (Å²) in [6.45, 7) is 2.54. The first kappa shape index (κ1) is 11.0. The summed E-state index contributed by atoms with van der Waals surface area (Å²) in [5.41, 5.74) is 0. The van der Waals surface area contributed by atoms with Gasteiger partial charge in [-0.1, -0.05) is 6.58 Å². The first-order valence-corrected chi connectivity index (χ1v) is 3.16. The molecule has 0 bridgehead atoms. The Morgan fingerprint density at radius 1 is 1.44 bits per heavy atom. The molecule has 0 amide bonds. The number of hydrogen-bond donors (Lipinski definition) is 2. The smallest absolute Gasteiger partial charge is 0.290 e. The fourth-order valence-corrected chi connectivity index (χ4v) is 0. The van der Waals surface area contributed by atoms with E-state index in [2.05, 4.69) is 6.58 Å². The van der Waals surface area contributed by atoms with Crippen molar-refractivity contribution in [3.05, 3.63) is 12.0 Å². The lowest BCUT2D eigenvalue weighted by atomic mass is 11.3. The third-order valence-corrected chi connectivity index (χ3v) is 0.632. The topological polar surface area (TPSA) is 91.7 Å². The van der Waals surface area contributed by atoms with E-state index in [1.165, 1.54) is 0 Å². The zero-order valence-electron chi connectivity index (χ0n) is 4.39. The molecule has 0 aromatic heterocycles. The van der Waals surface area contributed by atoms with E-state index in [1.807, 2.05) is 0 Å². The van der Waals surface area contributed by atoms with Gasteiger partial charge in [0.1, 0.15) is 0 Å². The van der Waals surface area contributed by atoms with Gasteiger partial charge < -0.3 is 5.11 Å². The maximum absolute atomic E-state index is 9.44. The monoisotopic (exact) mass is 154 g/mol. The zero-order valence-corrected chi connectivity index (χ0v) is 5.21. The van der Waals surface area contributed by atoms with Gasteiger partial charge in [-0.3, -0.25) is 9.35 Å². The molecule has 0 radical (unpaired) electrons. The quantitative estimate of drug-likeness (QED) is 0.400. The van der Waals surface area contributed by atoms with Crippen molar-refractivity contribution in [2.45, 2.75) is 0 Å². The van der Waals surface area contributed by atoms with E-state index in [4.69, 9.17) is 14.5 Å². The van der Waals surface area contributed by atoms with Gasteiger partial charge in [0, 0.05) is 0 Å². The predicted molar refractivity (Wildman–Crippen MR) is 30.4 cm³/mol. The summed E-state index contributed by atoms with van der Waals surface area (Å²) in [5.74, 6) is 0. The van der Waals surface area contributed by atoms with Crippen LogP contribution in [0.3, 0.4) is 0 Å². The van der Waals surface area contributed by atoms with Crippen LogP contribution < -0.4 is 0 Å². The van der Waals surface area contributed by atoms with Gasteiger partial charge in [-0.15, -0.1) is 0 Å². The SMILES string of the molecule is C=CS(=O)(=O)O.O=CO. The van der Waals surface area contributed by atoms with Crippen LogP contribution in [0.25, 0.3) is 0 Å². The highest BCUT2D eigenvalue weighted by Gasteiger charge is 1.87. The molecular weight excluding hydrogens is 148 g/mol. The Kier molecular flexibility index (Phi) is 6.42. The Labute approximate surface area is 52.4 Å². The molecule has 0 aromatic carbocycles. The van der Waals surface area contributed by atoms with Crippen LogP contribution in [-0.4, -0.2) is 24.5 Å². The van der Waals surface area contributed by atoms with E-state index in [0.29, 0.717) is 5.41 Å². The van der Waals surface area contributed by atoms with Gasteiger partial charge in [0.25, 0.3) is 16.6 Å². The Bertz CT molecular complexity index is 155. The van der Waals surface area contributed by atoms with E-state index in [0.717, 1.165) is 0 Å². The molecule has 0 heterocycles. The predicted octanol–water partition coefficient (Wildman–Crippen LogP) is -0.281. The van der Waals surface area contributed by atoms with Crippen LogP contribution in [0.2, 0.25) is 0 Å². The number of carboxylic acid groups (broad SMARTS) is 1. The first-order chi connectivity index (χ1) is 3.97. The summed E-state index contributed by atoms with van der Waals surface area (Å²) in [5, 5.41) is 7.35. The number of hydrogen-bond acceptors (Lipinski definition) is 3. The zero-order chi connectivity index (χ0) is 7.91. The van der Waals surface area contributed by atoms with E-state index in [1.54, 1.807) is 0 Å². The van der Waals surface area contributed by atoms with Gasteiger partial charge in [0.15, 0.2) is 0 Å². The van der Waals surface area contributed by atoms with E-state index in [-0.39, 0.29) is 6.47 Å². The van der Waals surface area contributed by atoms with Crippen molar-refractivity contribution in [3.63, 3.8) is 0 Å². The largest absolute Gasteiger partial charge is 0.483 e. The van der Waals surface area contributed by atoms with Gasteiger partial charge >= 0.3 is 0 Å². The van der Waals surface area contributed by atoms with Gasteiger partial charge in [-0.05, 0) is 0 Å². The lowest BCUT2D eigenvalue weighted by molar-refractivity contribution is -0.122. The van der Waals surface area contributed by atoms with Crippen molar-refractivity contribution >= 4 is 16.6 Å². The molecule has 5 nitrogen and oxygen atoms in total. The lowest BCUT2D eigenvalue weighted by Gasteiger charge is -1.73. The van der Waals surface area contributed by atoms with Gasteiger partial charge in [-0.2, -0.15) is 8.42 Å². The molecule has 54 valence electrons. The van der Waals surface area contributed by atoms with Crippen molar-refractivity contribution in [1.82, 2.24) is 0 Å². The van der Waals surface area contributed by atoms with Crippen molar-refractivity contribution < 1.29 is 22.9 Å². The second-order valence-corrected chi connectivity index (χ2v) is 2.15. The Morgan fingerprint density at radius 2 is 1.56 bits per heavy atom. The maximum Gasteiger partial charge on any atom is 0.290 e. The normalized spacial score (nSPS) is 8.56. The highest BCUT2D eigenvalue weighted by atomic mass is 32.2. The molecule has 0 saturated heterocycles. The van der Waals surface area contributed by atoms with E-state index in [9.17, 15) is 8.42 Å². The van der Waals surface area contributed by atoms with E-state index < -0.39 is 10.1 Å². The van der Waals surface area contributed by atoms with Gasteiger partial charge in [0.2, 0.25) is 0 Å². The Morgan fingerprint density at radius 3 is 1.56 bits per heavy atom. The lowest BCUT2D eigenvalue weighted by Crippen LogP contribution is -1.86. The van der Waals surface area contributed by atoms with Crippen molar-refractivity contribution in [1.29, 1.82) is 0 Å². The summed E-state index contributed by atoms with van der Waals surface area (Å²) < 4.78 is 26.6. The minimum absolute atomic E-state index is 0.250. The van der Waals surface area contributed by atoms with Crippen LogP contribution in [0.15, 0.2) is 12.0 Å². The standard InChI is InChI=1S/C2H4O3S.CH2O2/c1-2-6(3,4)5;2-1-3/h2H,1H2,(H,3,4,5);1H,(H,2,3). The Hall–Kier alpha value is -0.880. The summed E-state index contributed by atoms with van der Waals surface area (Å²) in [4.78, 5) is 8.36. The maximum atomic E-state index is 9.44. The summed E-state index contributed by atoms with van der Waals surface area (Å²) >= 11 is 0. The second-order valence-electron chi connectivity index (χ2n) is 0.787. The van der Waals surface area contributed by atoms with Crippen molar-refractivity contribution in [3.8, 4) is 0 Å². The second kappa shape index (κ2) is 5.26. The molecule has 0 spiro atoms. The third kappa shape index (κ3) is 41.5. The highest BCUT2D eigenvalue weighted by Crippen LogP contribution is 1.75. The molecule has 0 unspecified atom stereocenters. The molecule has 0 aliphatic rings. The fourth-order valence-electron chi connectivity index (χ4n) is 0. The highest BCUT2D eigenvalue weighted by molar-refractivity contribution is 7.88. The molecule has 0 saturated carbocycles. The fraction of sp³-hybridized carbons (Fsp3) is 0. The van der Waals surface area contributed by atoms with Crippen LogP contribution in [0.4, 0.5) is 0 Å². The number of carbonyl (C=O) groups is 1.